The zero-order valence-electron chi connectivity index (χ0n) is 13.8. The van der Waals surface area contributed by atoms with Crippen LogP contribution in [-0.4, -0.2) is 59.0 Å². The van der Waals surface area contributed by atoms with Gasteiger partial charge in [-0.2, -0.15) is 0 Å². The minimum absolute atomic E-state index is 0.0126. The lowest BCUT2D eigenvalue weighted by atomic mass is 9.85. The lowest BCUT2D eigenvalue weighted by Gasteiger charge is -2.42. The van der Waals surface area contributed by atoms with Gasteiger partial charge in [0, 0.05) is 12.1 Å². The fraction of sp³-hybridized carbons (Fsp3) is 0.562. The van der Waals surface area contributed by atoms with Crippen molar-refractivity contribution in [1.29, 1.82) is 0 Å². The molecule has 1 aromatic heterocycles. The van der Waals surface area contributed by atoms with E-state index in [-0.39, 0.29) is 30.4 Å². The summed E-state index contributed by atoms with van der Waals surface area (Å²) in [6.45, 7) is 4.21. The molecule has 0 aromatic carbocycles. The van der Waals surface area contributed by atoms with Crippen molar-refractivity contribution < 1.29 is 23.9 Å². The highest BCUT2D eigenvalue weighted by Gasteiger charge is 2.35. The number of rotatable bonds is 8. The van der Waals surface area contributed by atoms with Crippen LogP contribution in [0.1, 0.15) is 37.0 Å². The summed E-state index contributed by atoms with van der Waals surface area (Å²) in [4.78, 5) is 36.7. The Morgan fingerprint density at radius 3 is 2.67 bits per heavy atom. The van der Waals surface area contributed by atoms with Gasteiger partial charge in [0.1, 0.15) is 12.3 Å². The van der Waals surface area contributed by atoms with Gasteiger partial charge in [-0.1, -0.05) is 6.92 Å². The first-order valence-electron chi connectivity index (χ1n) is 8.00. The molecule has 0 saturated heterocycles. The molecule has 1 unspecified atom stereocenters. The van der Waals surface area contributed by atoms with Crippen LogP contribution < -0.4 is 10.6 Å². The molecule has 2 rings (SSSR count). The third-order valence-corrected chi connectivity index (χ3v) is 4.24. The van der Waals surface area contributed by atoms with E-state index in [0.29, 0.717) is 12.1 Å². The SMILES string of the molecule is CCN(CC(=O)O)C1CC(NC(=O)C(C)NC(=O)c2ccoc2)C1. The first kappa shape index (κ1) is 18.0. The predicted octanol–water partition coefficient (Wildman–Crippen LogP) is 0.452. The molecule has 1 aliphatic rings. The van der Waals surface area contributed by atoms with E-state index in [2.05, 4.69) is 10.6 Å². The van der Waals surface area contributed by atoms with Crippen LogP contribution in [0, 0.1) is 0 Å². The Morgan fingerprint density at radius 1 is 1.42 bits per heavy atom. The van der Waals surface area contributed by atoms with Crippen molar-refractivity contribution in [3.63, 3.8) is 0 Å². The van der Waals surface area contributed by atoms with Gasteiger partial charge in [-0.15, -0.1) is 0 Å². The zero-order chi connectivity index (χ0) is 17.7. The van der Waals surface area contributed by atoms with Crippen LogP contribution in [-0.2, 0) is 9.59 Å². The molecule has 1 aromatic rings. The van der Waals surface area contributed by atoms with E-state index in [1.165, 1.54) is 18.6 Å². The number of furan rings is 1. The molecule has 0 aliphatic heterocycles. The quantitative estimate of drug-likeness (QED) is 0.635. The minimum Gasteiger partial charge on any atom is -0.480 e. The number of likely N-dealkylation sites (N-methyl/N-ethyl adjacent to an activating group) is 1. The predicted molar refractivity (Wildman–Crippen MR) is 85.5 cm³/mol. The van der Waals surface area contributed by atoms with Crippen LogP contribution in [0.5, 0.6) is 0 Å². The van der Waals surface area contributed by atoms with Crippen molar-refractivity contribution in [3.8, 4) is 0 Å². The Hall–Kier alpha value is -2.35. The number of carbonyl (C=O) groups is 3. The van der Waals surface area contributed by atoms with E-state index in [1.54, 1.807) is 6.92 Å². The molecule has 132 valence electrons. The van der Waals surface area contributed by atoms with Crippen LogP contribution in [0.4, 0.5) is 0 Å². The molecule has 8 heteroatoms. The molecular weight excluding hydrogens is 314 g/mol. The number of hydrogen-bond acceptors (Lipinski definition) is 5. The summed E-state index contributed by atoms with van der Waals surface area (Å²) in [6, 6.07) is 1.05. The molecule has 0 radical (unpaired) electrons. The van der Waals surface area contributed by atoms with Crippen molar-refractivity contribution in [3.05, 3.63) is 24.2 Å². The Morgan fingerprint density at radius 2 is 2.12 bits per heavy atom. The number of nitrogens with one attached hydrogen (secondary N) is 2. The number of nitrogens with zero attached hydrogens (tertiary/aromatic N) is 1. The van der Waals surface area contributed by atoms with E-state index < -0.39 is 12.0 Å². The first-order chi connectivity index (χ1) is 11.4. The Kier molecular flexibility index (Phi) is 5.97. The number of amides is 2. The maximum absolute atomic E-state index is 12.1. The molecule has 1 heterocycles. The molecule has 1 aliphatic carbocycles. The summed E-state index contributed by atoms with van der Waals surface area (Å²) in [5, 5.41) is 14.4. The summed E-state index contributed by atoms with van der Waals surface area (Å²) in [7, 11) is 0. The van der Waals surface area contributed by atoms with Gasteiger partial charge >= 0.3 is 5.97 Å². The van der Waals surface area contributed by atoms with Crippen molar-refractivity contribution in [1.82, 2.24) is 15.5 Å². The number of hydrogen-bond donors (Lipinski definition) is 3. The highest BCUT2D eigenvalue weighted by atomic mass is 16.4. The first-order valence-corrected chi connectivity index (χ1v) is 8.00. The standard InChI is InChI=1S/C16H23N3O5/c1-3-19(8-14(20)21)13-6-12(7-13)18-15(22)10(2)17-16(23)11-4-5-24-9-11/h4-5,9-10,12-13H,3,6-8H2,1-2H3,(H,17,23)(H,18,22)(H,20,21). The van der Waals surface area contributed by atoms with Gasteiger partial charge in [0.15, 0.2) is 0 Å². The van der Waals surface area contributed by atoms with Crippen molar-refractivity contribution in [2.75, 3.05) is 13.1 Å². The second kappa shape index (κ2) is 7.96. The van der Waals surface area contributed by atoms with E-state index >= 15 is 0 Å². The zero-order valence-corrected chi connectivity index (χ0v) is 13.8. The van der Waals surface area contributed by atoms with Gasteiger partial charge in [0.25, 0.3) is 5.91 Å². The maximum atomic E-state index is 12.1. The molecule has 8 nitrogen and oxygen atoms in total. The van der Waals surface area contributed by atoms with Gasteiger partial charge in [-0.25, -0.2) is 0 Å². The van der Waals surface area contributed by atoms with Crippen molar-refractivity contribution >= 4 is 17.8 Å². The van der Waals surface area contributed by atoms with E-state index in [9.17, 15) is 14.4 Å². The van der Waals surface area contributed by atoms with Gasteiger partial charge in [-0.3, -0.25) is 19.3 Å². The number of aliphatic carboxylic acids is 1. The molecule has 2 amide bonds. The maximum Gasteiger partial charge on any atom is 0.317 e. The second-order valence-corrected chi connectivity index (χ2v) is 5.99. The van der Waals surface area contributed by atoms with Gasteiger partial charge in [-0.05, 0) is 32.4 Å². The molecule has 0 bridgehead atoms. The Bertz CT molecular complexity index is 581. The molecule has 0 spiro atoms. The summed E-state index contributed by atoms with van der Waals surface area (Å²) in [6.07, 6.45) is 4.15. The average Bonchev–Trinajstić information content (AvgIpc) is 3.02. The van der Waals surface area contributed by atoms with E-state index in [1.807, 2.05) is 11.8 Å². The fourth-order valence-electron chi connectivity index (χ4n) is 2.74. The summed E-state index contributed by atoms with van der Waals surface area (Å²) < 4.78 is 4.83. The molecule has 1 atom stereocenters. The number of carboxylic acid groups (broad SMARTS) is 1. The molecule has 1 saturated carbocycles. The molecule has 3 N–H and O–H groups in total. The smallest absolute Gasteiger partial charge is 0.317 e. The lowest BCUT2D eigenvalue weighted by Crippen LogP contribution is -2.57. The van der Waals surface area contributed by atoms with Gasteiger partial charge < -0.3 is 20.2 Å². The Labute approximate surface area is 140 Å². The monoisotopic (exact) mass is 337 g/mol. The van der Waals surface area contributed by atoms with Gasteiger partial charge in [0.2, 0.25) is 5.91 Å². The van der Waals surface area contributed by atoms with Crippen LogP contribution in [0.25, 0.3) is 0 Å². The normalized spacial score (nSPS) is 21.0. The topological polar surface area (TPSA) is 112 Å². The largest absolute Gasteiger partial charge is 0.480 e. The molecule has 24 heavy (non-hydrogen) atoms. The fourth-order valence-corrected chi connectivity index (χ4v) is 2.74. The summed E-state index contributed by atoms with van der Waals surface area (Å²) >= 11 is 0. The van der Waals surface area contributed by atoms with Crippen LogP contribution >= 0.6 is 0 Å². The average molecular weight is 337 g/mol. The Balaban J connectivity index is 1.73. The van der Waals surface area contributed by atoms with Crippen LogP contribution in [0.15, 0.2) is 23.0 Å². The van der Waals surface area contributed by atoms with E-state index in [4.69, 9.17) is 9.52 Å². The van der Waals surface area contributed by atoms with Crippen molar-refractivity contribution in [2.24, 2.45) is 0 Å². The summed E-state index contributed by atoms with van der Waals surface area (Å²) in [5.41, 5.74) is 0.366. The highest BCUT2D eigenvalue weighted by molar-refractivity contribution is 5.97. The van der Waals surface area contributed by atoms with Crippen LogP contribution in [0.2, 0.25) is 0 Å². The third kappa shape index (κ3) is 4.58. The van der Waals surface area contributed by atoms with Gasteiger partial charge in [0.05, 0.1) is 18.4 Å². The third-order valence-electron chi connectivity index (χ3n) is 4.24. The van der Waals surface area contributed by atoms with Crippen LogP contribution in [0.3, 0.4) is 0 Å². The molecular formula is C16H23N3O5. The van der Waals surface area contributed by atoms with Crippen molar-refractivity contribution in [2.45, 2.75) is 44.8 Å². The molecule has 1 fully saturated rings. The number of carboxylic acids is 1. The highest BCUT2D eigenvalue weighted by Crippen LogP contribution is 2.25. The number of carbonyl (C=O) groups excluding carboxylic acids is 2. The summed E-state index contributed by atoms with van der Waals surface area (Å²) in [5.74, 6) is -1.46. The lowest BCUT2D eigenvalue weighted by molar-refractivity contribution is -0.139. The van der Waals surface area contributed by atoms with E-state index in [0.717, 1.165) is 12.8 Å². The minimum atomic E-state index is -0.847. The second-order valence-electron chi connectivity index (χ2n) is 5.99.